The summed E-state index contributed by atoms with van der Waals surface area (Å²) in [5.74, 6) is 1.11. The molecule has 6 heteroatoms. The number of hydrogen-bond acceptors (Lipinski definition) is 5. The van der Waals surface area contributed by atoms with Gasteiger partial charge in [0, 0.05) is 11.8 Å². The highest BCUT2D eigenvalue weighted by Crippen LogP contribution is 2.41. The molecule has 0 N–H and O–H groups in total. The van der Waals surface area contributed by atoms with Gasteiger partial charge in [0.25, 0.3) is 0 Å². The second kappa shape index (κ2) is 9.84. The predicted octanol–water partition coefficient (Wildman–Crippen LogP) is 6.02. The van der Waals surface area contributed by atoms with Crippen molar-refractivity contribution in [2.75, 3.05) is 14.2 Å². The summed E-state index contributed by atoms with van der Waals surface area (Å²) < 4.78 is 31.5. The first kappa shape index (κ1) is 21.8. The Morgan fingerprint density at radius 2 is 1.61 bits per heavy atom. The van der Waals surface area contributed by atoms with E-state index in [2.05, 4.69) is 4.98 Å². The van der Waals surface area contributed by atoms with E-state index in [1.54, 1.807) is 32.5 Å². The lowest BCUT2D eigenvalue weighted by Gasteiger charge is -2.16. The van der Waals surface area contributed by atoms with E-state index in [4.69, 9.17) is 19.5 Å². The van der Waals surface area contributed by atoms with Crippen molar-refractivity contribution in [2.45, 2.75) is 6.61 Å². The number of methoxy groups -OCH3 is 2. The van der Waals surface area contributed by atoms with Gasteiger partial charge in [0.05, 0.1) is 31.0 Å². The summed E-state index contributed by atoms with van der Waals surface area (Å²) in [5, 5.41) is 9.06. The van der Waals surface area contributed by atoms with Crippen LogP contribution in [0.2, 0.25) is 0 Å². The Morgan fingerprint density at radius 3 is 2.30 bits per heavy atom. The summed E-state index contributed by atoms with van der Waals surface area (Å²) in [5.41, 5.74) is 3.50. The van der Waals surface area contributed by atoms with Crippen molar-refractivity contribution in [2.24, 2.45) is 0 Å². The van der Waals surface area contributed by atoms with Gasteiger partial charge in [-0.1, -0.05) is 42.5 Å². The standard InChI is InChI=1S/C27H21FN2O3/c1-31-23-11-10-19(15-25(23)33-17-18-6-4-3-5-7-18)26-24(32-2)12-13-30-27(26)20-8-9-21(16-29)22(28)14-20/h3-15H,17H2,1-2H3. The van der Waals surface area contributed by atoms with Crippen LogP contribution in [0.1, 0.15) is 11.1 Å². The highest BCUT2D eigenvalue weighted by atomic mass is 19.1. The summed E-state index contributed by atoms with van der Waals surface area (Å²) >= 11 is 0. The molecule has 33 heavy (non-hydrogen) atoms. The number of rotatable bonds is 7. The molecule has 0 atom stereocenters. The smallest absolute Gasteiger partial charge is 0.162 e. The zero-order valence-electron chi connectivity index (χ0n) is 18.2. The van der Waals surface area contributed by atoms with Crippen LogP contribution < -0.4 is 14.2 Å². The van der Waals surface area contributed by atoms with Crippen LogP contribution in [0.25, 0.3) is 22.4 Å². The summed E-state index contributed by atoms with van der Waals surface area (Å²) in [6.45, 7) is 0.374. The quantitative estimate of drug-likeness (QED) is 0.351. The second-order valence-corrected chi connectivity index (χ2v) is 7.18. The van der Waals surface area contributed by atoms with Crippen LogP contribution in [0, 0.1) is 17.1 Å². The minimum atomic E-state index is -0.604. The summed E-state index contributed by atoms with van der Waals surface area (Å²) in [7, 11) is 3.15. The third kappa shape index (κ3) is 4.63. The maximum Gasteiger partial charge on any atom is 0.162 e. The molecule has 0 aliphatic heterocycles. The van der Waals surface area contributed by atoms with E-state index >= 15 is 0 Å². The molecule has 0 saturated carbocycles. The molecule has 1 aromatic heterocycles. The zero-order valence-corrected chi connectivity index (χ0v) is 18.2. The molecule has 0 aliphatic carbocycles. The normalized spacial score (nSPS) is 10.4. The Kier molecular flexibility index (Phi) is 6.51. The van der Waals surface area contributed by atoms with Crippen molar-refractivity contribution in [1.82, 2.24) is 4.98 Å². The van der Waals surface area contributed by atoms with Crippen molar-refractivity contribution in [3.05, 3.63) is 95.9 Å². The third-order valence-corrected chi connectivity index (χ3v) is 5.19. The van der Waals surface area contributed by atoms with E-state index in [0.29, 0.717) is 40.7 Å². The maximum atomic E-state index is 14.4. The number of benzene rings is 3. The second-order valence-electron chi connectivity index (χ2n) is 7.18. The molecule has 0 bridgehead atoms. The molecule has 5 nitrogen and oxygen atoms in total. The predicted molar refractivity (Wildman–Crippen MR) is 124 cm³/mol. The Balaban J connectivity index is 1.80. The monoisotopic (exact) mass is 440 g/mol. The molecule has 0 fully saturated rings. The lowest BCUT2D eigenvalue weighted by molar-refractivity contribution is 0.284. The number of hydrogen-bond donors (Lipinski definition) is 0. The third-order valence-electron chi connectivity index (χ3n) is 5.19. The zero-order chi connectivity index (χ0) is 23.2. The van der Waals surface area contributed by atoms with Gasteiger partial charge in [0.1, 0.15) is 24.2 Å². The van der Waals surface area contributed by atoms with Crippen molar-refractivity contribution < 1.29 is 18.6 Å². The van der Waals surface area contributed by atoms with Gasteiger partial charge in [-0.25, -0.2) is 4.39 Å². The first-order valence-corrected chi connectivity index (χ1v) is 10.2. The lowest BCUT2D eigenvalue weighted by Crippen LogP contribution is -1.99. The van der Waals surface area contributed by atoms with Gasteiger partial charge in [-0.3, -0.25) is 4.98 Å². The summed E-state index contributed by atoms with van der Waals surface area (Å²) in [6.07, 6.45) is 1.60. The average Bonchev–Trinajstić information content (AvgIpc) is 2.87. The van der Waals surface area contributed by atoms with Crippen LogP contribution in [0.15, 0.2) is 79.0 Å². The molecular weight excluding hydrogens is 419 g/mol. The minimum absolute atomic E-state index is 0.0239. The SMILES string of the molecule is COc1ccc(-c2c(OC)ccnc2-c2ccc(C#N)c(F)c2)cc1OCc1ccccc1. The van der Waals surface area contributed by atoms with E-state index in [0.717, 1.165) is 11.1 Å². The molecule has 0 spiro atoms. The molecule has 1 heterocycles. The topological polar surface area (TPSA) is 64.4 Å². The highest BCUT2D eigenvalue weighted by molar-refractivity contribution is 5.86. The first-order chi connectivity index (χ1) is 16.1. The molecule has 0 radical (unpaired) electrons. The van der Waals surface area contributed by atoms with E-state index in [1.165, 1.54) is 12.1 Å². The van der Waals surface area contributed by atoms with E-state index in [1.807, 2.05) is 54.6 Å². The van der Waals surface area contributed by atoms with Crippen molar-refractivity contribution >= 4 is 0 Å². The molecule has 164 valence electrons. The number of halogens is 1. The highest BCUT2D eigenvalue weighted by Gasteiger charge is 2.18. The fourth-order valence-electron chi connectivity index (χ4n) is 3.55. The molecule has 0 amide bonds. The molecule has 4 rings (SSSR count). The number of nitriles is 1. The van der Waals surface area contributed by atoms with Crippen LogP contribution in [0.5, 0.6) is 17.2 Å². The summed E-state index contributed by atoms with van der Waals surface area (Å²) in [4.78, 5) is 4.49. The van der Waals surface area contributed by atoms with Crippen molar-refractivity contribution in [1.29, 1.82) is 5.26 Å². The minimum Gasteiger partial charge on any atom is -0.496 e. The molecule has 3 aromatic carbocycles. The maximum absolute atomic E-state index is 14.4. The average molecular weight is 440 g/mol. The van der Waals surface area contributed by atoms with Crippen LogP contribution in [-0.2, 0) is 6.61 Å². The van der Waals surface area contributed by atoms with Gasteiger partial charge < -0.3 is 14.2 Å². The molecule has 4 aromatic rings. The first-order valence-electron chi connectivity index (χ1n) is 10.2. The van der Waals surface area contributed by atoms with E-state index in [-0.39, 0.29) is 5.56 Å². The Labute approximate surface area is 191 Å². The Morgan fingerprint density at radius 1 is 0.848 bits per heavy atom. The fraction of sp³-hybridized carbons (Fsp3) is 0.111. The van der Waals surface area contributed by atoms with Gasteiger partial charge in [-0.2, -0.15) is 5.26 Å². The van der Waals surface area contributed by atoms with Gasteiger partial charge >= 0.3 is 0 Å². The van der Waals surface area contributed by atoms with Gasteiger partial charge in [0.15, 0.2) is 11.5 Å². The Bertz CT molecular complexity index is 1320. The van der Waals surface area contributed by atoms with Gasteiger partial charge in [0.2, 0.25) is 0 Å². The van der Waals surface area contributed by atoms with Crippen LogP contribution in [-0.4, -0.2) is 19.2 Å². The van der Waals surface area contributed by atoms with Gasteiger partial charge in [-0.15, -0.1) is 0 Å². The van der Waals surface area contributed by atoms with Crippen molar-refractivity contribution in [3.63, 3.8) is 0 Å². The molecular formula is C27H21FN2O3. The summed E-state index contributed by atoms with van der Waals surface area (Å²) in [6, 6.07) is 23.4. The largest absolute Gasteiger partial charge is 0.496 e. The number of ether oxygens (including phenoxy) is 3. The molecule has 0 unspecified atom stereocenters. The number of nitrogens with zero attached hydrogens (tertiary/aromatic N) is 2. The van der Waals surface area contributed by atoms with E-state index in [9.17, 15) is 4.39 Å². The number of aromatic nitrogens is 1. The van der Waals surface area contributed by atoms with Crippen molar-refractivity contribution in [3.8, 4) is 45.7 Å². The van der Waals surface area contributed by atoms with Crippen LogP contribution >= 0.6 is 0 Å². The van der Waals surface area contributed by atoms with Gasteiger partial charge in [-0.05, 0) is 41.5 Å². The Hall–Kier alpha value is -4.37. The van der Waals surface area contributed by atoms with Crippen LogP contribution in [0.4, 0.5) is 4.39 Å². The van der Waals surface area contributed by atoms with Crippen LogP contribution in [0.3, 0.4) is 0 Å². The number of pyridine rings is 1. The molecule has 0 saturated heterocycles. The fourth-order valence-corrected chi connectivity index (χ4v) is 3.55. The molecule has 0 aliphatic rings. The van der Waals surface area contributed by atoms with E-state index < -0.39 is 5.82 Å². The lowest BCUT2D eigenvalue weighted by atomic mass is 9.97.